The molecule has 0 rings (SSSR count). The van der Waals surface area contributed by atoms with Gasteiger partial charge in [-0.3, -0.25) is 9.09 Å². The highest BCUT2D eigenvalue weighted by atomic mass is 127. The monoisotopic (exact) mass is 493 g/mol. The van der Waals surface area contributed by atoms with E-state index in [2.05, 4.69) is 27.9 Å². The summed E-state index contributed by atoms with van der Waals surface area (Å²) in [5, 5.41) is 2.76. The summed E-state index contributed by atoms with van der Waals surface area (Å²) in [5.74, 6) is -1.36. The van der Waals surface area contributed by atoms with Crippen molar-refractivity contribution >= 4 is 36.1 Å². The molecule has 0 aromatic heterocycles. The van der Waals surface area contributed by atoms with E-state index in [4.69, 9.17) is 18.7 Å². The van der Waals surface area contributed by atoms with Crippen LogP contribution in [0.15, 0.2) is 0 Å². The second-order valence-corrected chi connectivity index (χ2v) is 10.3. The molecule has 150 valence electrons. The van der Waals surface area contributed by atoms with Crippen LogP contribution in [-0.4, -0.2) is 53.7 Å². The molecule has 0 heterocycles. The molecule has 0 aliphatic carbocycles. The minimum Gasteiger partial charge on any atom is -0.444 e. The summed E-state index contributed by atoms with van der Waals surface area (Å²) in [5.41, 5.74) is -0.590. The first-order valence-corrected chi connectivity index (χ1v) is 12.1. The summed E-state index contributed by atoms with van der Waals surface area (Å²) >= 11 is 2.14. The molecule has 7 nitrogen and oxygen atoms in total. The smallest absolute Gasteiger partial charge is 0.407 e. The fourth-order valence-electron chi connectivity index (χ4n) is 2.09. The lowest BCUT2D eigenvalue weighted by Gasteiger charge is -2.33. The van der Waals surface area contributed by atoms with Crippen LogP contribution in [0.4, 0.5) is 4.79 Å². The van der Waals surface area contributed by atoms with E-state index in [-0.39, 0.29) is 12.2 Å². The van der Waals surface area contributed by atoms with Crippen molar-refractivity contribution < 1.29 is 28.1 Å². The Kier molecular flexibility index (Phi) is 11.1. The molecule has 1 unspecified atom stereocenters. The zero-order valence-corrected chi connectivity index (χ0v) is 19.4. The first kappa shape index (κ1) is 25.1. The summed E-state index contributed by atoms with van der Waals surface area (Å²) in [6.07, 6.45) is -0.0398. The lowest BCUT2D eigenvalue weighted by Crippen LogP contribution is -2.43. The van der Waals surface area contributed by atoms with Gasteiger partial charge in [-0.2, -0.15) is 0 Å². The molecule has 25 heavy (non-hydrogen) atoms. The highest BCUT2D eigenvalue weighted by molar-refractivity contribution is 14.1. The number of hydrogen-bond acceptors (Lipinski definition) is 6. The first-order chi connectivity index (χ1) is 11.4. The number of carbonyl (C=O) groups excluding carboxylic acids is 1. The molecule has 0 aliphatic heterocycles. The van der Waals surface area contributed by atoms with Crippen molar-refractivity contribution in [3.05, 3.63) is 0 Å². The Morgan fingerprint density at radius 3 is 2.00 bits per heavy atom. The summed E-state index contributed by atoms with van der Waals surface area (Å²) in [6.45, 7) is 13.1. The van der Waals surface area contributed by atoms with E-state index in [1.54, 1.807) is 34.6 Å². The van der Waals surface area contributed by atoms with E-state index in [9.17, 15) is 9.36 Å². The Balaban J connectivity index is 5.04. The quantitative estimate of drug-likeness (QED) is 0.199. The van der Waals surface area contributed by atoms with Gasteiger partial charge in [-0.1, -0.05) is 29.5 Å². The van der Waals surface area contributed by atoms with E-state index in [0.29, 0.717) is 23.8 Å². The second kappa shape index (κ2) is 11.1. The van der Waals surface area contributed by atoms with E-state index in [0.717, 1.165) is 0 Å². The van der Waals surface area contributed by atoms with Crippen LogP contribution in [0, 0.1) is 0 Å². The molecule has 0 aromatic carbocycles. The number of alkyl halides is 1. The van der Waals surface area contributed by atoms with Gasteiger partial charge in [-0.25, -0.2) is 4.79 Å². The van der Waals surface area contributed by atoms with Crippen LogP contribution in [0.2, 0.25) is 0 Å². The zero-order chi connectivity index (χ0) is 19.7. The van der Waals surface area contributed by atoms with Crippen LogP contribution in [0.3, 0.4) is 0 Å². The minimum absolute atomic E-state index is 0.182. The van der Waals surface area contributed by atoms with Crippen molar-refractivity contribution in [2.24, 2.45) is 0 Å². The van der Waals surface area contributed by atoms with Gasteiger partial charge in [0.15, 0.2) is 0 Å². The van der Waals surface area contributed by atoms with Gasteiger partial charge in [0.2, 0.25) is 7.37 Å². The first-order valence-electron chi connectivity index (χ1n) is 8.54. The van der Waals surface area contributed by atoms with Crippen molar-refractivity contribution in [2.45, 2.75) is 66.1 Å². The number of nitrogens with one attached hydrogen (secondary N) is 1. The highest BCUT2D eigenvalue weighted by Gasteiger charge is 2.38. The normalized spacial score (nSPS) is 16.2. The largest absolute Gasteiger partial charge is 0.444 e. The topological polar surface area (TPSA) is 83.1 Å². The zero-order valence-electron chi connectivity index (χ0n) is 16.4. The number of rotatable bonds is 11. The number of halogens is 1. The molecule has 0 saturated heterocycles. The van der Waals surface area contributed by atoms with Crippen LogP contribution in [0.5, 0.6) is 0 Å². The Morgan fingerprint density at radius 2 is 1.64 bits per heavy atom. The molecular formula is C16H33INO6P. The maximum absolute atomic E-state index is 13.2. The molecule has 0 bridgehead atoms. The Morgan fingerprint density at radius 1 is 1.12 bits per heavy atom. The molecule has 1 amide bonds. The van der Waals surface area contributed by atoms with E-state index >= 15 is 0 Å². The van der Waals surface area contributed by atoms with Gasteiger partial charge >= 0.3 is 6.09 Å². The van der Waals surface area contributed by atoms with Crippen molar-refractivity contribution in [3.63, 3.8) is 0 Å². The third kappa shape index (κ3) is 10.8. The van der Waals surface area contributed by atoms with Crippen molar-refractivity contribution in [2.75, 3.05) is 30.0 Å². The molecule has 1 N–H and O–H groups in total. The third-order valence-corrected chi connectivity index (χ3v) is 6.72. The Bertz CT molecular complexity index is 448. The van der Waals surface area contributed by atoms with Crippen LogP contribution in [0.1, 0.15) is 48.5 Å². The number of hydrogen-bond donors (Lipinski definition) is 1. The van der Waals surface area contributed by atoms with E-state index in [1.807, 2.05) is 13.8 Å². The van der Waals surface area contributed by atoms with Crippen molar-refractivity contribution in [1.29, 1.82) is 0 Å². The SMILES string of the molecule is CCOC(C)(OCC)OP(=O)(CC)C[C@@H](CI)NC(=O)OC(C)(C)C. The fourth-order valence-corrected chi connectivity index (χ4v) is 5.18. The molecule has 0 fully saturated rings. The lowest BCUT2D eigenvalue weighted by atomic mass is 10.2. The van der Waals surface area contributed by atoms with Crippen LogP contribution in [-0.2, 0) is 23.3 Å². The summed E-state index contributed by atoms with van der Waals surface area (Å²) < 4.78 is 35.8. The highest BCUT2D eigenvalue weighted by Crippen LogP contribution is 2.51. The average molecular weight is 493 g/mol. The second-order valence-electron chi connectivity index (χ2n) is 6.63. The molecular weight excluding hydrogens is 460 g/mol. The average Bonchev–Trinajstić information content (AvgIpc) is 2.44. The van der Waals surface area contributed by atoms with E-state index < -0.39 is 25.0 Å². The molecule has 9 heteroatoms. The van der Waals surface area contributed by atoms with Gasteiger partial charge in [-0.15, -0.1) is 0 Å². The number of ether oxygens (including phenoxy) is 3. The Labute approximate surface area is 165 Å². The summed E-state index contributed by atoms with van der Waals surface area (Å²) in [4.78, 5) is 12.0. The number of alkyl carbamates (subject to hydrolysis) is 1. The predicted octanol–water partition coefficient (Wildman–Crippen LogP) is 4.38. The maximum Gasteiger partial charge on any atom is 0.407 e. The maximum atomic E-state index is 13.2. The molecule has 0 aromatic rings. The molecule has 2 atom stereocenters. The Hall–Kier alpha value is 0.110. The molecule has 0 saturated carbocycles. The van der Waals surface area contributed by atoms with Gasteiger partial charge in [-0.05, 0) is 34.6 Å². The molecule has 0 aliphatic rings. The van der Waals surface area contributed by atoms with Crippen LogP contribution < -0.4 is 5.32 Å². The van der Waals surface area contributed by atoms with Gasteiger partial charge in [0, 0.05) is 36.9 Å². The van der Waals surface area contributed by atoms with Crippen molar-refractivity contribution in [1.82, 2.24) is 5.32 Å². The summed E-state index contributed by atoms with van der Waals surface area (Å²) in [7, 11) is -3.09. The van der Waals surface area contributed by atoms with Gasteiger partial charge in [0.25, 0.3) is 5.97 Å². The van der Waals surface area contributed by atoms with Crippen LogP contribution in [0.25, 0.3) is 0 Å². The fraction of sp³-hybridized carbons (Fsp3) is 0.938. The predicted molar refractivity (Wildman–Crippen MR) is 108 cm³/mol. The molecule has 0 radical (unpaired) electrons. The van der Waals surface area contributed by atoms with Crippen molar-refractivity contribution in [3.8, 4) is 0 Å². The van der Waals surface area contributed by atoms with E-state index in [1.165, 1.54) is 0 Å². The lowest BCUT2D eigenvalue weighted by molar-refractivity contribution is -0.328. The van der Waals surface area contributed by atoms with Gasteiger partial charge in [0.1, 0.15) is 5.60 Å². The third-order valence-electron chi connectivity index (χ3n) is 3.03. The van der Waals surface area contributed by atoms with Gasteiger partial charge < -0.3 is 19.5 Å². The van der Waals surface area contributed by atoms with Crippen LogP contribution >= 0.6 is 30.0 Å². The number of carbonyl (C=O) groups is 1. The summed E-state index contributed by atoms with van der Waals surface area (Å²) in [6, 6.07) is -0.339. The number of amides is 1. The standard InChI is InChI=1S/C16H33INO6P/c1-8-21-16(7,22-9-2)24-25(20,10-3)12-13(11-17)18-14(19)23-15(4,5)6/h13H,8-12H2,1-7H3,(H,18,19)/t13-,25?/m1/s1. The minimum atomic E-state index is -3.09. The molecule has 0 spiro atoms. The van der Waals surface area contributed by atoms with Gasteiger partial charge in [0.05, 0.1) is 6.04 Å².